The van der Waals surface area contributed by atoms with Gasteiger partial charge in [-0.3, -0.25) is 14.4 Å². The normalized spacial score (nSPS) is 11.2. The first kappa shape index (κ1) is 37.6. The van der Waals surface area contributed by atoms with Gasteiger partial charge in [-0.15, -0.1) is 0 Å². The Hall–Kier alpha value is -2.63. The molecular weight excluding hydrogens is 548 g/mol. The number of benzene rings is 1. The first-order valence-corrected chi connectivity index (χ1v) is 18.1. The maximum atomic E-state index is 12.9. The third kappa shape index (κ3) is 14.4. The lowest BCUT2D eigenvalue weighted by atomic mass is 10.0. The zero-order valence-corrected chi connectivity index (χ0v) is 28.4. The van der Waals surface area contributed by atoms with Crippen molar-refractivity contribution >= 4 is 23.0 Å². The van der Waals surface area contributed by atoms with Crippen molar-refractivity contribution in [2.24, 2.45) is 0 Å². The predicted octanol–water partition coefficient (Wildman–Crippen LogP) is 9.78. The number of nitrogens with zero attached hydrogens (tertiary/aromatic N) is 1. The van der Waals surface area contributed by atoms with Crippen LogP contribution in [0.5, 0.6) is 0 Å². The van der Waals surface area contributed by atoms with Gasteiger partial charge in [-0.05, 0) is 37.5 Å². The van der Waals surface area contributed by atoms with Crippen LogP contribution in [-0.4, -0.2) is 25.7 Å². The molecule has 2 aromatic carbocycles. The summed E-state index contributed by atoms with van der Waals surface area (Å²) < 4.78 is 5.09. The molecule has 0 aliphatic carbocycles. The molecule has 0 aromatic heterocycles. The van der Waals surface area contributed by atoms with Gasteiger partial charge in [0.1, 0.15) is 11.4 Å². The van der Waals surface area contributed by atoms with E-state index in [1.807, 2.05) is 29.2 Å². The monoisotopic (exact) mass is 610 g/mol. The molecule has 0 unspecified atom stereocenters. The number of anilines is 3. The van der Waals surface area contributed by atoms with Gasteiger partial charge >= 0.3 is 5.97 Å². The van der Waals surface area contributed by atoms with E-state index in [2.05, 4.69) is 19.2 Å². The standard InChI is InChI=1S/C38H62N2O4/c1-4-7-9-11-13-15-17-19-21-23-29-39-35-36(38(43)37(35)42)40(30-24-22-20-18-16-14-12-10-8-5-2)33-27-25-32(26-28-33)31-34(41)44-6-3/h25-28,39H,4-24,29-31H2,1-3H3. The summed E-state index contributed by atoms with van der Waals surface area (Å²) in [6.45, 7) is 8.07. The molecule has 6 heteroatoms. The fourth-order valence-corrected chi connectivity index (χ4v) is 5.93. The molecule has 0 heterocycles. The Morgan fingerprint density at radius 2 is 1.11 bits per heavy atom. The smallest absolute Gasteiger partial charge is 0.310 e. The van der Waals surface area contributed by atoms with Crippen LogP contribution in [0.25, 0.3) is 0 Å². The van der Waals surface area contributed by atoms with Crippen LogP contribution < -0.4 is 21.1 Å². The van der Waals surface area contributed by atoms with E-state index >= 15 is 0 Å². The van der Waals surface area contributed by atoms with Crippen molar-refractivity contribution in [2.75, 3.05) is 29.9 Å². The molecule has 2 rings (SSSR count). The highest BCUT2D eigenvalue weighted by Gasteiger charge is 2.26. The third-order valence-corrected chi connectivity index (χ3v) is 8.62. The number of esters is 1. The summed E-state index contributed by atoms with van der Waals surface area (Å²) in [7, 11) is 0. The second-order valence-electron chi connectivity index (χ2n) is 12.5. The Morgan fingerprint density at radius 3 is 1.61 bits per heavy atom. The lowest BCUT2D eigenvalue weighted by Gasteiger charge is -2.28. The van der Waals surface area contributed by atoms with E-state index in [4.69, 9.17) is 4.74 Å². The molecule has 2 aromatic rings. The Balaban J connectivity index is 1.92. The van der Waals surface area contributed by atoms with E-state index in [0.717, 1.165) is 36.9 Å². The fraction of sp³-hybridized carbons (Fsp3) is 0.711. The topological polar surface area (TPSA) is 75.7 Å². The van der Waals surface area contributed by atoms with Crippen molar-refractivity contribution in [2.45, 2.75) is 156 Å². The number of carbonyl (C=O) groups excluding carboxylic acids is 1. The summed E-state index contributed by atoms with van der Waals surface area (Å²) in [6.07, 6.45) is 25.3. The molecule has 1 N–H and O–H groups in total. The molecule has 0 radical (unpaired) electrons. The van der Waals surface area contributed by atoms with E-state index in [1.54, 1.807) is 6.92 Å². The van der Waals surface area contributed by atoms with Gasteiger partial charge in [0.2, 0.25) is 0 Å². The van der Waals surface area contributed by atoms with Crippen LogP contribution in [-0.2, 0) is 16.0 Å². The molecule has 248 valence electrons. The van der Waals surface area contributed by atoms with Gasteiger partial charge < -0.3 is 15.0 Å². The van der Waals surface area contributed by atoms with Crippen molar-refractivity contribution in [1.29, 1.82) is 0 Å². The average molecular weight is 611 g/mol. The minimum absolute atomic E-state index is 0.221. The van der Waals surface area contributed by atoms with Crippen LogP contribution in [0.15, 0.2) is 33.9 Å². The average Bonchev–Trinajstić information content (AvgIpc) is 3.03. The SMILES string of the molecule is CCCCCCCCCCCCNc1c(N(CCCCCCCCCCCC)c2ccc(CC(=O)OCC)cc2)c(=O)c1=O. The molecule has 0 atom stereocenters. The van der Waals surface area contributed by atoms with Gasteiger partial charge in [0.05, 0.1) is 13.0 Å². The number of rotatable bonds is 28. The Labute approximate surface area is 268 Å². The van der Waals surface area contributed by atoms with E-state index in [9.17, 15) is 14.4 Å². The van der Waals surface area contributed by atoms with Crippen LogP contribution in [0, 0.1) is 0 Å². The Morgan fingerprint density at radius 1 is 0.636 bits per heavy atom. The van der Waals surface area contributed by atoms with Gasteiger partial charge in [0, 0.05) is 18.8 Å². The highest BCUT2D eigenvalue weighted by atomic mass is 16.5. The summed E-state index contributed by atoms with van der Waals surface area (Å²) >= 11 is 0. The minimum atomic E-state index is -0.404. The summed E-state index contributed by atoms with van der Waals surface area (Å²) in [4.78, 5) is 39.5. The van der Waals surface area contributed by atoms with E-state index in [1.165, 1.54) is 103 Å². The van der Waals surface area contributed by atoms with Crippen molar-refractivity contribution in [1.82, 2.24) is 0 Å². The predicted molar refractivity (Wildman–Crippen MR) is 187 cm³/mol. The molecule has 0 amide bonds. The Bertz CT molecular complexity index is 1090. The highest BCUT2D eigenvalue weighted by molar-refractivity contribution is 5.81. The number of ether oxygens (including phenoxy) is 1. The minimum Gasteiger partial charge on any atom is -0.466 e. The lowest BCUT2D eigenvalue weighted by Crippen LogP contribution is -2.41. The third-order valence-electron chi connectivity index (χ3n) is 8.62. The summed E-state index contributed by atoms with van der Waals surface area (Å²) in [6, 6.07) is 7.74. The molecular formula is C38H62N2O4. The zero-order valence-electron chi connectivity index (χ0n) is 28.4. The first-order valence-electron chi connectivity index (χ1n) is 18.1. The van der Waals surface area contributed by atoms with Crippen LogP contribution in [0.3, 0.4) is 0 Å². The molecule has 6 nitrogen and oxygen atoms in total. The van der Waals surface area contributed by atoms with Gasteiger partial charge in [0.25, 0.3) is 10.9 Å². The second-order valence-corrected chi connectivity index (χ2v) is 12.5. The van der Waals surface area contributed by atoms with Crippen molar-refractivity contribution in [3.63, 3.8) is 0 Å². The summed E-state index contributed by atoms with van der Waals surface area (Å²) in [5, 5.41) is 3.32. The largest absolute Gasteiger partial charge is 0.466 e. The van der Waals surface area contributed by atoms with E-state index in [-0.39, 0.29) is 12.4 Å². The molecule has 44 heavy (non-hydrogen) atoms. The molecule has 0 saturated carbocycles. The van der Waals surface area contributed by atoms with E-state index in [0.29, 0.717) is 31.1 Å². The number of hydrogen-bond donors (Lipinski definition) is 1. The van der Waals surface area contributed by atoms with Gasteiger partial charge in [0.15, 0.2) is 0 Å². The molecule has 0 saturated heterocycles. The van der Waals surface area contributed by atoms with Crippen molar-refractivity contribution in [3.8, 4) is 0 Å². The van der Waals surface area contributed by atoms with Gasteiger partial charge in [-0.2, -0.15) is 0 Å². The number of hydrogen-bond acceptors (Lipinski definition) is 6. The maximum Gasteiger partial charge on any atom is 0.310 e. The number of nitrogens with one attached hydrogen (secondary N) is 1. The highest BCUT2D eigenvalue weighted by Crippen LogP contribution is 2.30. The summed E-state index contributed by atoms with van der Waals surface area (Å²) in [5.41, 5.74) is 1.90. The quantitative estimate of drug-likeness (QED) is 0.0587. The van der Waals surface area contributed by atoms with Crippen LogP contribution >= 0.6 is 0 Å². The van der Waals surface area contributed by atoms with E-state index < -0.39 is 10.9 Å². The van der Waals surface area contributed by atoms with Gasteiger partial charge in [-0.25, -0.2) is 0 Å². The van der Waals surface area contributed by atoms with Crippen molar-refractivity contribution in [3.05, 3.63) is 50.3 Å². The first-order chi connectivity index (χ1) is 21.5. The lowest BCUT2D eigenvalue weighted by molar-refractivity contribution is -0.142. The Kier molecular flexibility index (Phi) is 20.2. The molecule has 0 aliphatic rings. The molecule has 0 spiro atoms. The molecule has 0 fully saturated rings. The molecule has 0 bridgehead atoms. The van der Waals surface area contributed by atoms with Crippen LogP contribution in [0.1, 0.15) is 155 Å². The van der Waals surface area contributed by atoms with Crippen molar-refractivity contribution < 1.29 is 9.53 Å². The number of carbonyl (C=O) groups is 1. The zero-order chi connectivity index (χ0) is 31.8. The number of unbranched alkanes of at least 4 members (excludes halogenated alkanes) is 18. The van der Waals surface area contributed by atoms with Crippen LogP contribution in [0.4, 0.5) is 17.1 Å². The molecule has 0 aliphatic heterocycles. The maximum absolute atomic E-state index is 12.9. The fourth-order valence-electron chi connectivity index (χ4n) is 5.93. The van der Waals surface area contributed by atoms with Gasteiger partial charge in [-0.1, -0.05) is 142 Å². The second kappa shape index (κ2) is 23.7. The summed E-state index contributed by atoms with van der Waals surface area (Å²) in [5.74, 6) is -0.247. The van der Waals surface area contributed by atoms with Crippen LogP contribution in [0.2, 0.25) is 0 Å².